The lowest BCUT2D eigenvalue weighted by Crippen LogP contribution is -1.97. The Hall–Kier alpha value is -1.18. The highest BCUT2D eigenvalue weighted by Gasteiger charge is 2.18. The predicted octanol–water partition coefficient (Wildman–Crippen LogP) is 4.91. The topological polar surface area (TPSA) is 9.23 Å². The summed E-state index contributed by atoms with van der Waals surface area (Å²) in [6.45, 7) is 2.80. The van der Waals surface area contributed by atoms with Gasteiger partial charge in [0, 0.05) is 11.4 Å². The summed E-state index contributed by atoms with van der Waals surface area (Å²) in [5.74, 6) is 0.987. The lowest BCUT2D eigenvalue weighted by Gasteiger charge is -2.14. The Morgan fingerprint density at radius 2 is 2.00 bits per heavy atom. The highest BCUT2D eigenvalue weighted by molar-refractivity contribution is 6.30. The first-order valence-electron chi connectivity index (χ1n) is 6.31. The van der Waals surface area contributed by atoms with Gasteiger partial charge in [-0.25, -0.2) is 0 Å². The number of rotatable bonds is 2. The largest absolute Gasteiger partial charge is 0.493 e. The van der Waals surface area contributed by atoms with Crippen LogP contribution in [0, 0.1) is 6.92 Å². The van der Waals surface area contributed by atoms with E-state index >= 15 is 0 Å². The molecule has 1 unspecified atom stereocenters. The summed E-state index contributed by atoms with van der Waals surface area (Å²) in [5.41, 5.74) is 4.57. The number of ether oxygens (including phenoxy) is 1. The van der Waals surface area contributed by atoms with E-state index in [0.29, 0.717) is 0 Å². The number of hydrogen-bond acceptors (Lipinski definition) is 1. The molecule has 1 atom stereocenters. The van der Waals surface area contributed by atoms with Crippen molar-refractivity contribution >= 4 is 23.2 Å². The number of hydrogen-bond donors (Lipinski definition) is 0. The summed E-state index contributed by atoms with van der Waals surface area (Å²) in [5, 5.41) is 0.593. The van der Waals surface area contributed by atoms with E-state index in [-0.39, 0.29) is 5.38 Å². The summed E-state index contributed by atoms with van der Waals surface area (Å²) in [4.78, 5) is 0. The first-order chi connectivity index (χ1) is 9.15. The third kappa shape index (κ3) is 2.45. The van der Waals surface area contributed by atoms with E-state index < -0.39 is 0 Å². The minimum Gasteiger partial charge on any atom is -0.493 e. The van der Waals surface area contributed by atoms with Crippen LogP contribution in [0.25, 0.3) is 0 Å². The molecule has 0 saturated heterocycles. The third-order valence-electron chi connectivity index (χ3n) is 3.51. The number of alkyl halides is 1. The van der Waals surface area contributed by atoms with E-state index in [1.807, 2.05) is 37.3 Å². The molecule has 1 heterocycles. The van der Waals surface area contributed by atoms with E-state index in [1.165, 1.54) is 5.56 Å². The molecule has 0 aliphatic carbocycles. The molecule has 1 nitrogen and oxygen atoms in total. The second-order valence-electron chi connectivity index (χ2n) is 4.83. The Morgan fingerprint density at radius 3 is 2.79 bits per heavy atom. The molecule has 0 spiro atoms. The van der Waals surface area contributed by atoms with Crippen molar-refractivity contribution in [2.45, 2.75) is 18.7 Å². The second-order valence-corrected chi connectivity index (χ2v) is 5.70. The van der Waals surface area contributed by atoms with Crippen molar-refractivity contribution in [1.29, 1.82) is 0 Å². The van der Waals surface area contributed by atoms with Crippen molar-refractivity contribution in [2.75, 3.05) is 6.61 Å². The maximum atomic E-state index is 6.61. The van der Waals surface area contributed by atoms with Crippen LogP contribution in [0.4, 0.5) is 0 Å². The highest BCUT2D eigenvalue weighted by Crippen LogP contribution is 2.35. The molecule has 1 aliphatic rings. The molecule has 0 fully saturated rings. The van der Waals surface area contributed by atoms with Gasteiger partial charge in [-0.05, 0) is 47.4 Å². The lowest BCUT2D eigenvalue weighted by molar-refractivity contribution is 0.357. The standard InChI is InChI=1S/C16H14Cl2O/c1-10-8-13(17)3-4-14(10)16(18)12-2-5-15-11(9-12)6-7-19-15/h2-5,8-9,16H,6-7H2,1H3. The van der Waals surface area contributed by atoms with Gasteiger partial charge in [-0.1, -0.05) is 29.8 Å². The molecule has 0 aromatic heterocycles. The molecule has 2 aromatic carbocycles. The Balaban J connectivity index is 1.97. The summed E-state index contributed by atoms with van der Waals surface area (Å²) < 4.78 is 5.52. The molecule has 0 saturated carbocycles. The van der Waals surface area contributed by atoms with E-state index in [9.17, 15) is 0 Å². The van der Waals surface area contributed by atoms with Gasteiger partial charge < -0.3 is 4.74 Å². The predicted molar refractivity (Wildman–Crippen MR) is 79.5 cm³/mol. The first-order valence-corrected chi connectivity index (χ1v) is 7.12. The number of benzene rings is 2. The molecule has 2 aromatic rings. The minimum absolute atomic E-state index is 0.150. The van der Waals surface area contributed by atoms with Crippen LogP contribution >= 0.6 is 23.2 Å². The minimum atomic E-state index is -0.150. The molecule has 98 valence electrons. The number of aryl methyl sites for hydroxylation is 1. The average Bonchev–Trinajstić information content (AvgIpc) is 2.85. The van der Waals surface area contributed by atoms with E-state index in [0.717, 1.165) is 40.5 Å². The van der Waals surface area contributed by atoms with Crippen LogP contribution in [0.5, 0.6) is 5.75 Å². The molecule has 0 amide bonds. The van der Waals surface area contributed by atoms with Gasteiger partial charge in [0.25, 0.3) is 0 Å². The average molecular weight is 293 g/mol. The van der Waals surface area contributed by atoms with Crippen LogP contribution < -0.4 is 4.74 Å². The van der Waals surface area contributed by atoms with Gasteiger partial charge >= 0.3 is 0 Å². The van der Waals surface area contributed by atoms with Crippen LogP contribution in [-0.2, 0) is 6.42 Å². The molecule has 0 bridgehead atoms. The van der Waals surface area contributed by atoms with Crippen molar-refractivity contribution in [3.8, 4) is 5.75 Å². The van der Waals surface area contributed by atoms with Crippen LogP contribution in [-0.4, -0.2) is 6.61 Å². The normalized spacial score (nSPS) is 14.9. The number of halogens is 2. The van der Waals surface area contributed by atoms with Crippen molar-refractivity contribution in [1.82, 2.24) is 0 Å². The fourth-order valence-electron chi connectivity index (χ4n) is 2.47. The first kappa shape index (κ1) is 12.8. The van der Waals surface area contributed by atoms with Crippen molar-refractivity contribution in [2.24, 2.45) is 0 Å². The van der Waals surface area contributed by atoms with E-state index in [4.69, 9.17) is 27.9 Å². The van der Waals surface area contributed by atoms with Crippen molar-refractivity contribution in [3.63, 3.8) is 0 Å². The van der Waals surface area contributed by atoms with E-state index in [1.54, 1.807) is 0 Å². The Bertz CT molecular complexity index is 622. The summed E-state index contributed by atoms with van der Waals surface area (Å²) in [6, 6.07) is 12.0. The lowest BCUT2D eigenvalue weighted by atomic mass is 9.98. The van der Waals surface area contributed by atoms with Crippen molar-refractivity contribution < 1.29 is 4.74 Å². The molecule has 0 N–H and O–H groups in total. The zero-order chi connectivity index (χ0) is 13.4. The fraction of sp³-hybridized carbons (Fsp3) is 0.250. The van der Waals surface area contributed by atoms with Crippen LogP contribution in [0.2, 0.25) is 5.02 Å². The van der Waals surface area contributed by atoms with Gasteiger partial charge in [-0.2, -0.15) is 0 Å². The van der Waals surface area contributed by atoms with Crippen LogP contribution in [0.1, 0.15) is 27.6 Å². The molecule has 3 heteroatoms. The number of fused-ring (bicyclic) bond motifs is 1. The zero-order valence-corrected chi connectivity index (χ0v) is 12.1. The molecule has 1 aliphatic heterocycles. The summed E-state index contributed by atoms with van der Waals surface area (Å²) >= 11 is 12.6. The summed E-state index contributed by atoms with van der Waals surface area (Å²) in [6.07, 6.45) is 0.965. The van der Waals surface area contributed by atoms with E-state index in [2.05, 4.69) is 6.07 Å². The maximum Gasteiger partial charge on any atom is 0.122 e. The Morgan fingerprint density at radius 1 is 1.16 bits per heavy atom. The Labute approximate surface area is 123 Å². The molecule has 0 radical (unpaired) electrons. The van der Waals surface area contributed by atoms with Gasteiger partial charge in [0.05, 0.1) is 12.0 Å². The van der Waals surface area contributed by atoms with Gasteiger partial charge in [-0.3, -0.25) is 0 Å². The zero-order valence-electron chi connectivity index (χ0n) is 10.6. The molecule has 19 heavy (non-hydrogen) atoms. The van der Waals surface area contributed by atoms with Gasteiger partial charge in [-0.15, -0.1) is 11.6 Å². The smallest absolute Gasteiger partial charge is 0.122 e. The van der Waals surface area contributed by atoms with Crippen LogP contribution in [0.15, 0.2) is 36.4 Å². The highest BCUT2D eigenvalue weighted by atomic mass is 35.5. The van der Waals surface area contributed by atoms with Crippen molar-refractivity contribution in [3.05, 3.63) is 63.7 Å². The van der Waals surface area contributed by atoms with Crippen LogP contribution in [0.3, 0.4) is 0 Å². The molecular formula is C16H14Cl2O. The summed E-state index contributed by atoms with van der Waals surface area (Å²) in [7, 11) is 0. The monoisotopic (exact) mass is 292 g/mol. The maximum absolute atomic E-state index is 6.61. The second kappa shape index (κ2) is 5.07. The van der Waals surface area contributed by atoms with Gasteiger partial charge in [0.1, 0.15) is 5.75 Å². The Kier molecular flexibility index (Phi) is 3.42. The van der Waals surface area contributed by atoms with Gasteiger partial charge in [0.2, 0.25) is 0 Å². The van der Waals surface area contributed by atoms with Gasteiger partial charge in [0.15, 0.2) is 0 Å². The third-order valence-corrected chi connectivity index (χ3v) is 4.23. The quantitative estimate of drug-likeness (QED) is 0.715. The fourth-order valence-corrected chi connectivity index (χ4v) is 3.07. The molecular weight excluding hydrogens is 279 g/mol. The molecule has 3 rings (SSSR count). The SMILES string of the molecule is Cc1cc(Cl)ccc1C(Cl)c1ccc2c(c1)CCO2.